The molecule has 6 nitrogen and oxygen atoms in total. The highest BCUT2D eigenvalue weighted by atomic mass is 16.4. The van der Waals surface area contributed by atoms with Gasteiger partial charge in [-0.3, -0.25) is 4.79 Å². The SMILES string of the molecule is CC(Nc1cccc(C(N)=O)c1)c1nnc(-c2ccccc2)o1. The Hall–Kier alpha value is -3.15. The minimum absolute atomic E-state index is 0.205. The molecule has 2 aromatic carbocycles. The summed E-state index contributed by atoms with van der Waals surface area (Å²) >= 11 is 0. The van der Waals surface area contributed by atoms with Crippen LogP contribution in [0, 0.1) is 0 Å². The molecule has 3 N–H and O–H groups in total. The minimum atomic E-state index is -0.467. The number of carbonyl (C=O) groups is 1. The van der Waals surface area contributed by atoms with E-state index in [2.05, 4.69) is 15.5 Å². The fraction of sp³-hybridized carbons (Fsp3) is 0.118. The maximum atomic E-state index is 11.2. The average Bonchev–Trinajstić information content (AvgIpc) is 3.06. The molecule has 1 unspecified atom stereocenters. The molecule has 116 valence electrons. The molecular formula is C17H16N4O2. The van der Waals surface area contributed by atoms with Crippen molar-refractivity contribution < 1.29 is 9.21 Å². The third-order valence-corrected chi connectivity index (χ3v) is 3.36. The average molecular weight is 308 g/mol. The van der Waals surface area contributed by atoms with E-state index in [1.807, 2.05) is 43.3 Å². The molecule has 1 amide bonds. The summed E-state index contributed by atoms with van der Waals surface area (Å²) in [5.41, 5.74) is 7.35. The molecule has 0 bridgehead atoms. The third-order valence-electron chi connectivity index (χ3n) is 3.36. The van der Waals surface area contributed by atoms with E-state index in [0.717, 1.165) is 11.3 Å². The first kappa shape index (κ1) is 14.8. The fourth-order valence-electron chi connectivity index (χ4n) is 2.18. The van der Waals surface area contributed by atoms with Gasteiger partial charge >= 0.3 is 0 Å². The summed E-state index contributed by atoms with van der Waals surface area (Å²) in [6, 6.07) is 16.3. The smallest absolute Gasteiger partial charge is 0.248 e. The third kappa shape index (κ3) is 3.37. The van der Waals surface area contributed by atoms with E-state index in [4.69, 9.17) is 10.2 Å². The first-order valence-electron chi connectivity index (χ1n) is 7.19. The lowest BCUT2D eigenvalue weighted by Crippen LogP contribution is -2.12. The van der Waals surface area contributed by atoms with Crippen LogP contribution in [0.5, 0.6) is 0 Å². The van der Waals surface area contributed by atoms with Crippen molar-refractivity contribution in [3.05, 3.63) is 66.1 Å². The molecule has 0 spiro atoms. The Morgan fingerprint density at radius 1 is 1.13 bits per heavy atom. The van der Waals surface area contributed by atoms with Crippen molar-refractivity contribution in [3.8, 4) is 11.5 Å². The summed E-state index contributed by atoms with van der Waals surface area (Å²) < 4.78 is 5.71. The monoisotopic (exact) mass is 308 g/mol. The van der Waals surface area contributed by atoms with Gasteiger partial charge in [0.2, 0.25) is 17.7 Å². The molecule has 0 saturated carbocycles. The zero-order chi connectivity index (χ0) is 16.2. The van der Waals surface area contributed by atoms with Crippen LogP contribution in [-0.4, -0.2) is 16.1 Å². The van der Waals surface area contributed by atoms with E-state index >= 15 is 0 Å². The topological polar surface area (TPSA) is 94.0 Å². The minimum Gasteiger partial charge on any atom is -0.418 e. The number of carbonyl (C=O) groups excluding carboxylic acids is 1. The molecule has 0 radical (unpaired) electrons. The van der Waals surface area contributed by atoms with Crippen LogP contribution in [0.4, 0.5) is 5.69 Å². The van der Waals surface area contributed by atoms with Crippen molar-refractivity contribution in [2.75, 3.05) is 5.32 Å². The molecule has 0 aliphatic rings. The van der Waals surface area contributed by atoms with Crippen LogP contribution in [0.15, 0.2) is 59.0 Å². The summed E-state index contributed by atoms with van der Waals surface area (Å²) in [4.78, 5) is 11.2. The lowest BCUT2D eigenvalue weighted by atomic mass is 10.2. The van der Waals surface area contributed by atoms with Crippen molar-refractivity contribution in [2.24, 2.45) is 5.73 Å². The van der Waals surface area contributed by atoms with Crippen LogP contribution in [0.1, 0.15) is 29.2 Å². The highest BCUT2D eigenvalue weighted by molar-refractivity contribution is 5.93. The van der Waals surface area contributed by atoms with Crippen LogP contribution in [0.2, 0.25) is 0 Å². The normalized spacial score (nSPS) is 11.9. The molecule has 6 heteroatoms. The lowest BCUT2D eigenvalue weighted by Gasteiger charge is -2.11. The maximum absolute atomic E-state index is 11.2. The van der Waals surface area contributed by atoms with Gasteiger partial charge in [0.1, 0.15) is 6.04 Å². The zero-order valence-corrected chi connectivity index (χ0v) is 12.6. The number of hydrogen-bond acceptors (Lipinski definition) is 5. The maximum Gasteiger partial charge on any atom is 0.248 e. The highest BCUT2D eigenvalue weighted by Gasteiger charge is 2.15. The van der Waals surface area contributed by atoms with Gasteiger partial charge in [0, 0.05) is 16.8 Å². The summed E-state index contributed by atoms with van der Waals surface area (Å²) in [6.45, 7) is 1.90. The van der Waals surface area contributed by atoms with Crippen LogP contribution >= 0.6 is 0 Å². The van der Waals surface area contributed by atoms with Crippen LogP contribution in [-0.2, 0) is 0 Å². The number of amides is 1. The van der Waals surface area contributed by atoms with E-state index in [9.17, 15) is 4.79 Å². The predicted molar refractivity (Wildman–Crippen MR) is 86.7 cm³/mol. The quantitative estimate of drug-likeness (QED) is 0.755. The number of aromatic nitrogens is 2. The van der Waals surface area contributed by atoms with Crippen molar-refractivity contribution in [3.63, 3.8) is 0 Å². The van der Waals surface area contributed by atoms with Gasteiger partial charge in [0.25, 0.3) is 0 Å². The van der Waals surface area contributed by atoms with E-state index in [1.54, 1.807) is 18.2 Å². The number of nitrogens with two attached hydrogens (primary N) is 1. The van der Waals surface area contributed by atoms with E-state index in [1.165, 1.54) is 0 Å². The molecule has 1 atom stereocenters. The number of nitrogens with zero attached hydrogens (tertiary/aromatic N) is 2. The molecule has 1 aromatic heterocycles. The Morgan fingerprint density at radius 3 is 2.65 bits per heavy atom. The summed E-state index contributed by atoms with van der Waals surface area (Å²) in [6.07, 6.45) is 0. The Kier molecular flexibility index (Phi) is 4.05. The van der Waals surface area contributed by atoms with Gasteiger partial charge in [-0.25, -0.2) is 0 Å². The fourth-order valence-corrected chi connectivity index (χ4v) is 2.18. The van der Waals surface area contributed by atoms with Gasteiger partial charge in [-0.15, -0.1) is 10.2 Å². The van der Waals surface area contributed by atoms with Crippen molar-refractivity contribution in [1.82, 2.24) is 10.2 Å². The Bertz CT molecular complexity index is 814. The van der Waals surface area contributed by atoms with Gasteiger partial charge in [-0.05, 0) is 37.3 Å². The van der Waals surface area contributed by atoms with Crippen LogP contribution in [0.25, 0.3) is 11.5 Å². The molecule has 0 saturated heterocycles. The van der Waals surface area contributed by atoms with Crippen LogP contribution in [0.3, 0.4) is 0 Å². The van der Waals surface area contributed by atoms with Gasteiger partial charge in [0.05, 0.1) is 0 Å². The highest BCUT2D eigenvalue weighted by Crippen LogP contribution is 2.23. The van der Waals surface area contributed by atoms with Gasteiger partial charge in [-0.1, -0.05) is 24.3 Å². The van der Waals surface area contributed by atoms with E-state index < -0.39 is 5.91 Å². The lowest BCUT2D eigenvalue weighted by molar-refractivity contribution is 0.100. The Balaban J connectivity index is 1.76. The molecule has 0 aliphatic carbocycles. The second-order valence-corrected chi connectivity index (χ2v) is 5.12. The first-order valence-corrected chi connectivity index (χ1v) is 7.19. The number of benzene rings is 2. The Morgan fingerprint density at radius 2 is 1.91 bits per heavy atom. The number of nitrogens with one attached hydrogen (secondary N) is 1. The molecule has 3 aromatic rings. The second-order valence-electron chi connectivity index (χ2n) is 5.12. The molecule has 3 rings (SSSR count). The van der Waals surface area contributed by atoms with Crippen molar-refractivity contribution in [2.45, 2.75) is 13.0 Å². The summed E-state index contributed by atoms with van der Waals surface area (Å²) in [5, 5.41) is 11.4. The van der Waals surface area contributed by atoms with Gasteiger partial charge < -0.3 is 15.5 Å². The summed E-state index contributed by atoms with van der Waals surface area (Å²) in [5.74, 6) is 0.471. The van der Waals surface area contributed by atoms with Gasteiger partial charge in [-0.2, -0.15) is 0 Å². The first-order chi connectivity index (χ1) is 11.1. The van der Waals surface area contributed by atoms with Crippen LogP contribution < -0.4 is 11.1 Å². The van der Waals surface area contributed by atoms with Crippen molar-refractivity contribution in [1.29, 1.82) is 0 Å². The predicted octanol–water partition coefficient (Wildman–Crippen LogP) is 3.01. The number of primary amides is 1. The standard InChI is InChI=1S/C17H16N4O2/c1-11(19-14-9-5-8-13(10-14)15(18)22)16-20-21-17(23-16)12-6-3-2-4-7-12/h2-11,19H,1H3,(H2,18,22). The molecule has 0 fully saturated rings. The molecule has 1 heterocycles. The van der Waals surface area contributed by atoms with E-state index in [-0.39, 0.29) is 6.04 Å². The number of anilines is 1. The zero-order valence-electron chi connectivity index (χ0n) is 12.6. The molecule has 0 aliphatic heterocycles. The van der Waals surface area contributed by atoms with Gasteiger partial charge in [0.15, 0.2) is 0 Å². The molecule has 23 heavy (non-hydrogen) atoms. The Labute approximate surface area is 133 Å². The largest absolute Gasteiger partial charge is 0.418 e. The number of rotatable bonds is 5. The molecular weight excluding hydrogens is 292 g/mol. The second kappa shape index (κ2) is 6.31. The number of hydrogen-bond donors (Lipinski definition) is 2. The summed E-state index contributed by atoms with van der Waals surface area (Å²) in [7, 11) is 0. The van der Waals surface area contributed by atoms with E-state index in [0.29, 0.717) is 17.3 Å². The van der Waals surface area contributed by atoms with Crippen molar-refractivity contribution >= 4 is 11.6 Å².